The number of methoxy groups -OCH3 is 1. The van der Waals surface area contributed by atoms with Crippen LogP contribution in [0.15, 0.2) is 58.4 Å². The quantitative estimate of drug-likeness (QED) is 0.422. The Kier molecular flexibility index (Phi) is 5.71. The summed E-state index contributed by atoms with van der Waals surface area (Å²) in [4.78, 5) is 31.9. The maximum atomic E-state index is 12.3. The molecule has 0 unspecified atom stereocenters. The summed E-state index contributed by atoms with van der Waals surface area (Å²) in [5, 5.41) is 11.5. The van der Waals surface area contributed by atoms with Gasteiger partial charge in [-0.05, 0) is 47.7 Å². The number of non-ortho nitro benzene ring substituents is 1. The molecule has 0 N–H and O–H groups in total. The van der Waals surface area contributed by atoms with E-state index in [0.717, 1.165) is 48.3 Å². The predicted octanol–water partition coefficient (Wildman–Crippen LogP) is 3.40. The first kappa shape index (κ1) is 20.0. The molecule has 0 saturated carbocycles. The van der Waals surface area contributed by atoms with Gasteiger partial charge >= 0.3 is 0 Å². The van der Waals surface area contributed by atoms with Gasteiger partial charge in [0.25, 0.3) is 11.6 Å². The third-order valence-electron chi connectivity index (χ3n) is 5.00. The summed E-state index contributed by atoms with van der Waals surface area (Å²) in [5.74, 6) is 0.550. The van der Waals surface area contributed by atoms with Crippen molar-refractivity contribution in [3.8, 4) is 5.75 Å². The van der Waals surface area contributed by atoms with Crippen molar-refractivity contribution in [1.29, 1.82) is 0 Å². The van der Waals surface area contributed by atoms with Crippen LogP contribution < -0.4 is 9.64 Å². The molecule has 0 aromatic heterocycles. The molecule has 2 aliphatic heterocycles. The second-order valence-electron chi connectivity index (χ2n) is 6.83. The predicted molar refractivity (Wildman–Crippen MR) is 118 cm³/mol. The van der Waals surface area contributed by atoms with Gasteiger partial charge < -0.3 is 14.5 Å². The van der Waals surface area contributed by atoms with E-state index in [2.05, 4.69) is 14.8 Å². The van der Waals surface area contributed by atoms with Crippen molar-refractivity contribution in [1.82, 2.24) is 4.90 Å². The standard InChI is InChI=1S/C21H20N4O4S/c1-29-18-8-2-15(3-9-18)14-19-20(26)22-21(30-19)24-12-10-23(11-13-24)16-4-6-17(7-5-16)25(27)28/h2-9,14H,10-13H2,1H3/b19-14+. The van der Waals surface area contributed by atoms with Crippen LogP contribution in [0.3, 0.4) is 0 Å². The van der Waals surface area contributed by atoms with E-state index in [4.69, 9.17) is 4.74 Å². The number of nitro groups is 1. The molecule has 2 aromatic rings. The van der Waals surface area contributed by atoms with Crippen LogP contribution in [0, 0.1) is 10.1 Å². The molecular weight excluding hydrogens is 404 g/mol. The van der Waals surface area contributed by atoms with Crippen LogP contribution in [0.1, 0.15) is 5.56 Å². The summed E-state index contributed by atoms with van der Waals surface area (Å²) < 4.78 is 5.16. The minimum atomic E-state index is -0.398. The number of amidine groups is 1. The van der Waals surface area contributed by atoms with E-state index in [1.54, 1.807) is 19.2 Å². The van der Waals surface area contributed by atoms with Gasteiger partial charge in [-0.3, -0.25) is 14.9 Å². The van der Waals surface area contributed by atoms with Crippen molar-refractivity contribution in [2.75, 3.05) is 38.2 Å². The van der Waals surface area contributed by atoms with Gasteiger partial charge in [0.1, 0.15) is 5.75 Å². The first-order chi connectivity index (χ1) is 14.5. The molecule has 30 heavy (non-hydrogen) atoms. The number of nitrogens with zero attached hydrogens (tertiary/aromatic N) is 4. The molecule has 2 aromatic carbocycles. The molecular formula is C21H20N4O4S. The van der Waals surface area contributed by atoms with E-state index in [1.807, 2.05) is 30.3 Å². The molecule has 154 valence electrons. The van der Waals surface area contributed by atoms with Gasteiger partial charge in [-0.2, -0.15) is 4.99 Å². The zero-order chi connectivity index (χ0) is 21.1. The lowest BCUT2D eigenvalue weighted by molar-refractivity contribution is -0.384. The van der Waals surface area contributed by atoms with Crippen molar-refractivity contribution >= 4 is 40.3 Å². The Morgan fingerprint density at radius 3 is 2.27 bits per heavy atom. The molecule has 0 atom stereocenters. The summed E-state index contributed by atoms with van der Waals surface area (Å²) in [6.07, 6.45) is 1.84. The number of nitro benzene ring substituents is 1. The van der Waals surface area contributed by atoms with E-state index in [9.17, 15) is 14.9 Å². The number of benzene rings is 2. The molecule has 9 heteroatoms. The summed E-state index contributed by atoms with van der Waals surface area (Å²) in [7, 11) is 1.62. The SMILES string of the molecule is COc1ccc(/C=C2/SC(N3CCN(c4ccc([N+](=O)[O-])cc4)CC3)=NC2=O)cc1. The van der Waals surface area contributed by atoms with Crippen LogP contribution in [-0.2, 0) is 4.79 Å². The first-order valence-electron chi connectivity index (χ1n) is 9.44. The minimum Gasteiger partial charge on any atom is -0.497 e. The van der Waals surface area contributed by atoms with Crippen LogP contribution >= 0.6 is 11.8 Å². The van der Waals surface area contributed by atoms with E-state index < -0.39 is 4.92 Å². The largest absolute Gasteiger partial charge is 0.497 e. The molecule has 0 spiro atoms. The third-order valence-corrected chi connectivity index (χ3v) is 6.04. The molecule has 2 heterocycles. The highest BCUT2D eigenvalue weighted by atomic mass is 32.2. The van der Waals surface area contributed by atoms with Gasteiger partial charge in [0, 0.05) is 44.0 Å². The number of carbonyl (C=O) groups excluding carboxylic acids is 1. The molecule has 1 saturated heterocycles. The highest BCUT2D eigenvalue weighted by molar-refractivity contribution is 8.18. The van der Waals surface area contributed by atoms with Crippen molar-refractivity contribution in [2.24, 2.45) is 4.99 Å². The molecule has 0 aliphatic carbocycles. The average molecular weight is 424 g/mol. The summed E-state index contributed by atoms with van der Waals surface area (Å²) in [6, 6.07) is 14.1. The van der Waals surface area contributed by atoms with Crippen molar-refractivity contribution in [3.05, 3.63) is 69.1 Å². The third kappa shape index (κ3) is 4.30. The Balaban J connectivity index is 1.36. The molecule has 0 bridgehead atoms. The second kappa shape index (κ2) is 8.58. The highest BCUT2D eigenvalue weighted by Gasteiger charge is 2.28. The molecule has 4 rings (SSSR count). The van der Waals surface area contributed by atoms with Crippen LogP contribution in [0.5, 0.6) is 5.75 Å². The number of thioether (sulfide) groups is 1. The van der Waals surface area contributed by atoms with Gasteiger partial charge in [-0.25, -0.2) is 0 Å². The molecule has 1 fully saturated rings. The number of anilines is 1. The van der Waals surface area contributed by atoms with Gasteiger partial charge in [0.2, 0.25) is 0 Å². The fourth-order valence-corrected chi connectivity index (χ4v) is 4.29. The van der Waals surface area contributed by atoms with Crippen LogP contribution in [0.2, 0.25) is 0 Å². The van der Waals surface area contributed by atoms with Crippen molar-refractivity contribution in [2.45, 2.75) is 0 Å². The Morgan fingerprint density at radius 2 is 1.67 bits per heavy atom. The Hall–Kier alpha value is -3.33. The number of piperazine rings is 1. The number of ether oxygens (including phenoxy) is 1. The Labute approximate surface area is 178 Å². The maximum Gasteiger partial charge on any atom is 0.286 e. The fraction of sp³-hybridized carbons (Fsp3) is 0.238. The summed E-state index contributed by atoms with van der Waals surface area (Å²) >= 11 is 1.40. The minimum absolute atomic E-state index is 0.0868. The molecule has 2 aliphatic rings. The zero-order valence-corrected chi connectivity index (χ0v) is 17.2. The van der Waals surface area contributed by atoms with Crippen molar-refractivity contribution in [3.63, 3.8) is 0 Å². The highest BCUT2D eigenvalue weighted by Crippen LogP contribution is 2.31. The van der Waals surface area contributed by atoms with Crippen molar-refractivity contribution < 1.29 is 14.5 Å². The topological polar surface area (TPSA) is 88.3 Å². The van der Waals surface area contributed by atoms with E-state index in [0.29, 0.717) is 4.91 Å². The summed E-state index contributed by atoms with van der Waals surface area (Å²) in [6.45, 7) is 2.96. The molecule has 8 nitrogen and oxygen atoms in total. The Bertz CT molecular complexity index is 1010. The number of carbonyl (C=O) groups is 1. The Morgan fingerprint density at radius 1 is 1.03 bits per heavy atom. The second-order valence-corrected chi connectivity index (χ2v) is 7.84. The number of amides is 1. The lowest BCUT2D eigenvalue weighted by atomic mass is 10.2. The molecule has 1 amide bonds. The van der Waals surface area contributed by atoms with E-state index >= 15 is 0 Å². The molecule has 0 radical (unpaired) electrons. The van der Waals surface area contributed by atoms with Gasteiger partial charge in [-0.1, -0.05) is 12.1 Å². The number of rotatable bonds is 4. The normalized spacial score (nSPS) is 18.0. The smallest absolute Gasteiger partial charge is 0.286 e. The van der Waals surface area contributed by atoms with E-state index in [1.165, 1.54) is 23.9 Å². The lowest BCUT2D eigenvalue weighted by Gasteiger charge is -2.36. The first-order valence-corrected chi connectivity index (χ1v) is 10.3. The average Bonchev–Trinajstić information content (AvgIpc) is 3.14. The maximum absolute atomic E-state index is 12.3. The fourth-order valence-electron chi connectivity index (χ4n) is 3.33. The lowest BCUT2D eigenvalue weighted by Crippen LogP contribution is -2.47. The number of aliphatic imine (C=N–C) groups is 1. The summed E-state index contributed by atoms with van der Waals surface area (Å²) in [5.41, 5.74) is 1.97. The van der Waals surface area contributed by atoms with Gasteiger partial charge in [-0.15, -0.1) is 0 Å². The van der Waals surface area contributed by atoms with Gasteiger partial charge in [0.05, 0.1) is 16.9 Å². The number of hydrogen-bond donors (Lipinski definition) is 0. The zero-order valence-electron chi connectivity index (χ0n) is 16.4. The van der Waals surface area contributed by atoms with Crippen LogP contribution in [-0.4, -0.2) is 54.2 Å². The van der Waals surface area contributed by atoms with Crippen LogP contribution in [0.4, 0.5) is 11.4 Å². The van der Waals surface area contributed by atoms with E-state index in [-0.39, 0.29) is 11.6 Å². The monoisotopic (exact) mass is 424 g/mol. The van der Waals surface area contributed by atoms with Gasteiger partial charge in [0.15, 0.2) is 5.17 Å². The van der Waals surface area contributed by atoms with Crippen LogP contribution in [0.25, 0.3) is 6.08 Å². The number of hydrogen-bond acceptors (Lipinski definition) is 7.